The van der Waals surface area contributed by atoms with Crippen LogP contribution in [0.1, 0.15) is 6.92 Å². The third-order valence-corrected chi connectivity index (χ3v) is 1.95. The van der Waals surface area contributed by atoms with Crippen molar-refractivity contribution < 1.29 is 4.84 Å². The van der Waals surface area contributed by atoms with Crippen LogP contribution < -0.4 is 5.48 Å². The molecule has 2 heteroatoms. The van der Waals surface area contributed by atoms with Gasteiger partial charge in [0.05, 0.1) is 6.61 Å². The van der Waals surface area contributed by atoms with Gasteiger partial charge in [0.2, 0.25) is 0 Å². The predicted molar refractivity (Wildman–Crippen MR) is 50.5 cm³/mol. The van der Waals surface area contributed by atoms with E-state index in [4.69, 9.17) is 4.84 Å². The van der Waals surface area contributed by atoms with Crippen LogP contribution in [0.3, 0.4) is 0 Å². The van der Waals surface area contributed by atoms with Gasteiger partial charge in [-0.05, 0) is 12.5 Å². The molecule has 1 aliphatic rings. The summed E-state index contributed by atoms with van der Waals surface area (Å²) in [5.74, 6) is 0.492. The zero-order valence-electron chi connectivity index (χ0n) is 7.42. The molecule has 0 spiro atoms. The minimum Gasteiger partial charge on any atom is -0.301 e. The van der Waals surface area contributed by atoms with Gasteiger partial charge in [-0.15, -0.1) is 0 Å². The fourth-order valence-electron chi connectivity index (χ4n) is 1.24. The first-order valence-corrected chi connectivity index (χ1v) is 4.18. The SMILES string of the molecule is C=C/C=C\C(=C/C)C1CNOC1. The van der Waals surface area contributed by atoms with Gasteiger partial charge in [-0.25, -0.2) is 5.48 Å². The van der Waals surface area contributed by atoms with Crippen molar-refractivity contribution >= 4 is 0 Å². The number of hydrogen-bond donors (Lipinski definition) is 1. The topological polar surface area (TPSA) is 21.3 Å². The van der Waals surface area contributed by atoms with Gasteiger partial charge in [-0.3, -0.25) is 0 Å². The van der Waals surface area contributed by atoms with Crippen LogP contribution in [-0.2, 0) is 4.84 Å². The summed E-state index contributed by atoms with van der Waals surface area (Å²) in [5, 5.41) is 0. The zero-order chi connectivity index (χ0) is 8.81. The quantitative estimate of drug-likeness (QED) is 0.644. The van der Waals surface area contributed by atoms with Gasteiger partial charge in [0.25, 0.3) is 0 Å². The maximum Gasteiger partial charge on any atom is 0.0763 e. The Labute approximate surface area is 73.6 Å². The number of allylic oxidation sites excluding steroid dienone is 4. The van der Waals surface area contributed by atoms with Crippen LogP contribution in [0.15, 0.2) is 36.5 Å². The molecule has 1 fully saturated rings. The molecule has 1 rings (SSSR count). The Balaban J connectivity index is 2.55. The summed E-state index contributed by atoms with van der Waals surface area (Å²) in [7, 11) is 0. The number of nitrogens with one attached hydrogen (secondary N) is 1. The van der Waals surface area contributed by atoms with Crippen molar-refractivity contribution in [3.8, 4) is 0 Å². The number of hydrogen-bond acceptors (Lipinski definition) is 2. The lowest BCUT2D eigenvalue weighted by atomic mass is 10.00. The summed E-state index contributed by atoms with van der Waals surface area (Å²) in [6.45, 7) is 7.34. The van der Waals surface area contributed by atoms with Crippen molar-refractivity contribution in [1.29, 1.82) is 0 Å². The van der Waals surface area contributed by atoms with Crippen LogP contribution in [0.25, 0.3) is 0 Å². The van der Waals surface area contributed by atoms with Crippen LogP contribution in [0.4, 0.5) is 0 Å². The minimum absolute atomic E-state index is 0.492. The Morgan fingerprint density at radius 3 is 3.00 bits per heavy atom. The summed E-state index contributed by atoms with van der Waals surface area (Å²) in [5.41, 5.74) is 4.17. The van der Waals surface area contributed by atoms with Gasteiger partial charge < -0.3 is 4.84 Å². The molecule has 0 amide bonds. The van der Waals surface area contributed by atoms with E-state index >= 15 is 0 Å². The molecule has 12 heavy (non-hydrogen) atoms. The highest BCUT2D eigenvalue weighted by molar-refractivity contribution is 5.24. The predicted octanol–water partition coefficient (Wildman–Crippen LogP) is 1.83. The largest absolute Gasteiger partial charge is 0.301 e. The summed E-state index contributed by atoms with van der Waals surface area (Å²) < 4.78 is 0. The zero-order valence-corrected chi connectivity index (χ0v) is 7.42. The summed E-state index contributed by atoms with van der Waals surface area (Å²) in [4.78, 5) is 5.07. The van der Waals surface area contributed by atoms with E-state index in [9.17, 15) is 0 Å². The van der Waals surface area contributed by atoms with E-state index in [2.05, 4.69) is 24.2 Å². The molecule has 0 saturated carbocycles. The van der Waals surface area contributed by atoms with Crippen molar-refractivity contribution in [3.05, 3.63) is 36.5 Å². The van der Waals surface area contributed by atoms with Crippen LogP contribution in [0, 0.1) is 5.92 Å². The summed E-state index contributed by atoms with van der Waals surface area (Å²) >= 11 is 0. The fourth-order valence-corrected chi connectivity index (χ4v) is 1.24. The van der Waals surface area contributed by atoms with E-state index in [1.807, 2.05) is 13.0 Å². The maximum atomic E-state index is 5.07. The molecular weight excluding hydrogens is 150 g/mol. The van der Waals surface area contributed by atoms with E-state index in [-0.39, 0.29) is 0 Å². The van der Waals surface area contributed by atoms with E-state index in [0.29, 0.717) is 5.92 Å². The summed E-state index contributed by atoms with van der Waals surface area (Å²) in [6, 6.07) is 0. The Hall–Kier alpha value is -0.860. The van der Waals surface area contributed by atoms with Crippen LogP contribution in [-0.4, -0.2) is 13.2 Å². The first-order chi connectivity index (χ1) is 5.88. The van der Waals surface area contributed by atoms with Crippen molar-refractivity contribution in [3.63, 3.8) is 0 Å². The highest BCUT2D eigenvalue weighted by atomic mass is 16.7. The molecule has 1 atom stereocenters. The van der Waals surface area contributed by atoms with Gasteiger partial charge >= 0.3 is 0 Å². The van der Waals surface area contributed by atoms with Crippen LogP contribution >= 0.6 is 0 Å². The normalized spacial score (nSPS) is 25.1. The van der Waals surface area contributed by atoms with E-state index in [0.717, 1.165) is 13.2 Å². The Bertz CT molecular complexity index is 200. The molecule has 66 valence electrons. The molecule has 0 aromatic rings. The van der Waals surface area contributed by atoms with Crippen molar-refractivity contribution in [2.24, 2.45) is 5.92 Å². The molecule has 2 nitrogen and oxygen atoms in total. The molecule has 0 aromatic heterocycles. The molecule has 1 saturated heterocycles. The van der Waals surface area contributed by atoms with E-state index in [1.54, 1.807) is 6.08 Å². The first-order valence-electron chi connectivity index (χ1n) is 4.18. The van der Waals surface area contributed by atoms with E-state index < -0.39 is 0 Å². The summed E-state index contributed by atoms with van der Waals surface area (Å²) in [6.07, 6.45) is 7.93. The fraction of sp³-hybridized carbons (Fsp3) is 0.400. The van der Waals surface area contributed by atoms with Crippen LogP contribution in [0.5, 0.6) is 0 Å². The molecule has 1 unspecified atom stereocenters. The van der Waals surface area contributed by atoms with Gasteiger partial charge in [-0.2, -0.15) is 0 Å². The lowest BCUT2D eigenvalue weighted by Crippen LogP contribution is -2.09. The smallest absolute Gasteiger partial charge is 0.0763 e. The number of hydroxylamine groups is 1. The third kappa shape index (κ3) is 2.32. The third-order valence-electron chi connectivity index (χ3n) is 1.95. The Morgan fingerprint density at radius 1 is 1.67 bits per heavy atom. The minimum atomic E-state index is 0.492. The second-order valence-electron chi connectivity index (χ2n) is 2.74. The average Bonchev–Trinajstić information content (AvgIpc) is 2.59. The molecule has 0 aromatic carbocycles. The highest BCUT2D eigenvalue weighted by Gasteiger charge is 2.17. The molecular formula is C10H15NO. The highest BCUT2D eigenvalue weighted by Crippen LogP contribution is 2.15. The van der Waals surface area contributed by atoms with Gasteiger partial charge in [0.15, 0.2) is 0 Å². The van der Waals surface area contributed by atoms with Crippen LogP contribution in [0.2, 0.25) is 0 Å². The second kappa shape index (κ2) is 4.91. The second-order valence-corrected chi connectivity index (χ2v) is 2.74. The molecule has 0 bridgehead atoms. The Kier molecular flexibility index (Phi) is 3.77. The van der Waals surface area contributed by atoms with Gasteiger partial charge in [-0.1, -0.05) is 30.9 Å². The van der Waals surface area contributed by atoms with Gasteiger partial charge in [0, 0.05) is 12.5 Å². The standard InChI is InChI=1S/C10H15NO/c1-3-5-6-9(4-2)10-7-11-12-8-10/h3-6,10-11H,1,7-8H2,2H3/b6-5-,9-4+. The monoisotopic (exact) mass is 165 g/mol. The number of rotatable bonds is 3. The first kappa shape index (κ1) is 9.23. The average molecular weight is 165 g/mol. The molecule has 1 heterocycles. The maximum absolute atomic E-state index is 5.07. The molecule has 0 radical (unpaired) electrons. The van der Waals surface area contributed by atoms with Crippen molar-refractivity contribution in [1.82, 2.24) is 5.48 Å². The lowest BCUT2D eigenvalue weighted by Gasteiger charge is -2.06. The molecule has 0 aliphatic carbocycles. The van der Waals surface area contributed by atoms with E-state index in [1.165, 1.54) is 5.57 Å². The van der Waals surface area contributed by atoms with Gasteiger partial charge in [0.1, 0.15) is 0 Å². The Morgan fingerprint density at radius 2 is 2.50 bits per heavy atom. The molecule has 1 N–H and O–H groups in total. The van der Waals surface area contributed by atoms with Crippen molar-refractivity contribution in [2.75, 3.05) is 13.2 Å². The lowest BCUT2D eigenvalue weighted by molar-refractivity contribution is 0.0990. The van der Waals surface area contributed by atoms with Crippen molar-refractivity contribution in [2.45, 2.75) is 6.92 Å². The molecule has 1 aliphatic heterocycles.